The molecule has 1 unspecified atom stereocenters. The van der Waals surface area contributed by atoms with Crippen LogP contribution in [0, 0.1) is 10.1 Å². The number of nitro groups is 1. The van der Waals surface area contributed by atoms with Crippen molar-refractivity contribution in [3.05, 3.63) is 62.6 Å². The predicted molar refractivity (Wildman–Crippen MR) is 79.9 cm³/mol. The van der Waals surface area contributed by atoms with Crippen LogP contribution in [0.3, 0.4) is 0 Å². The summed E-state index contributed by atoms with van der Waals surface area (Å²) in [4.78, 5) is 10.3. The third kappa shape index (κ3) is 3.34. The number of nitrogens with zero attached hydrogens (tertiary/aromatic N) is 1. The predicted octanol–water partition coefficient (Wildman–Crippen LogP) is 4.17. The molecule has 104 valence electrons. The number of nitro benzene ring substituents is 1. The second-order valence-electron chi connectivity index (χ2n) is 4.33. The Balaban J connectivity index is 2.25. The maximum absolute atomic E-state index is 10.8. The molecule has 0 spiro atoms. The Morgan fingerprint density at radius 3 is 2.45 bits per heavy atom. The smallest absolute Gasteiger partial charge is 0.273 e. The molecule has 2 aromatic rings. The van der Waals surface area contributed by atoms with Gasteiger partial charge in [0.2, 0.25) is 0 Å². The summed E-state index contributed by atoms with van der Waals surface area (Å²) in [5.74, 6) is 0.989. The first kappa shape index (κ1) is 14.5. The zero-order valence-electron chi connectivity index (χ0n) is 10.7. The van der Waals surface area contributed by atoms with Crippen LogP contribution < -0.4 is 10.5 Å². The quantitative estimate of drug-likeness (QED) is 0.671. The van der Waals surface area contributed by atoms with E-state index in [1.807, 2.05) is 19.1 Å². The van der Waals surface area contributed by atoms with Crippen LogP contribution in [0.1, 0.15) is 18.5 Å². The summed E-state index contributed by atoms with van der Waals surface area (Å²) >= 11 is 3.31. The number of non-ortho nitro benzene ring substituents is 1. The Hall–Kier alpha value is -1.92. The number of nitrogens with two attached hydrogens (primary N) is 1. The van der Waals surface area contributed by atoms with Crippen LogP contribution in [0.4, 0.5) is 5.69 Å². The van der Waals surface area contributed by atoms with E-state index in [1.165, 1.54) is 12.1 Å². The van der Waals surface area contributed by atoms with Crippen LogP contribution in [0.25, 0.3) is 0 Å². The molecule has 2 rings (SSSR count). The number of hydrogen-bond acceptors (Lipinski definition) is 4. The fraction of sp³-hybridized carbons (Fsp3) is 0.143. The van der Waals surface area contributed by atoms with E-state index in [1.54, 1.807) is 18.2 Å². The maximum Gasteiger partial charge on any atom is 0.273 e. The molecule has 0 aromatic heterocycles. The van der Waals surface area contributed by atoms with Gasteiger partial charge in [-0.1, -0.05) is 12.1 Å². The highest BCUT2D eigenvalue weighted by Gasteiger charge is 2.11. The van der Waals surface area contributed by atoms with Crippen molar-refractivity contribution in [3.63, 3.8) is 0 Å². The Kier molecular flexibility index (Phi) is 4.36. The second-order valence-corrected chi connectivity index (χ2v) is 5.19. The van der Waals surface area contributed by atoms with E-state index in [-0.39, 0.29) is 11.7 Å². The average Bonchev–Trinajstić information content (AvgIpc) is 2.41. The summed E-state index contributed by atoms with van der Waals surface area (Å²) in [6, 6.07) is 11.6. The van der Waals surface area contributed by atoms with Crippen LogP contribution >= 0.6 is 15.9 Å². The average molecular weight is 337 g/mol. The number of benzene rings is 2. The lowest BCUT2D eigenvalue weighted by Crippen LogP contribution is -2.04. The molecule has 0 aliphatic heterocycles. The normalized spacial score (nSPS) is 11.9. The number of halogens is 1. The monoisotopic (exact) mass is 336 g/mol. The molecular weight excluding hydrogens is 324 g/mol. The largest absolute Gasteiger partial charge is 0.456 e. The van der Waals surface area contributed by atoms with Gasteiger partial charge in [0.25, 0.3) is 5.69 Å². The van der Waals surface area contributed by atoms with Crippen molar-refractivity contribution in [1.29, 1.82) is 0 Å². The van der Waals surface area contributed by atoms with E-state index in [4.69, 9.17) is 10.5 Å². The summed E-state index contributed by atoms with van der Waals surface area (Å²) in [5, 5.41) is 10.8. The Morgan fingerprint density at radius 2 is 1.90 bits per heavy atom. The highest BCUT2D eigenvalue weighted by molar-refractivity contribution is 9.10. The summed E-state index contributed by atoms with van der Waals surface area (Å²) in [6.45, 7) is 1.90. The number of hydrogen-bond donors (Lipinski definition) is 1. The third-order valence-corrected chi connectivity index (χ3v) is 3.41. The molecule has 0 bridgehead atoms. The van der Waals surface area contributed by atoms with Gasteiger partial charge in [0.15, 0.2) is 0 Å². The Morgan fingerprint density at radius 1 is 1.25 bits per heavy atom. The van der Waals surface area contributed by atoms with Gasteiger partial charge in [-0.15, -0.1) is 0 Å². The van der Waals surface area contributed by atoms with Crippen LogP contribution in [-0.2, 0) is 0 Å². The van der Waals surface area contributed by atoms with Gasteiger partial charge in [-0.25, -0.2) is 0 Å². The van der Waals surface area contributed by atoms with Crippen molar-refractivity contribution in [1.82, 2.24) is 0 Å². The minimum absolute atomic E-state index is 0.0181. The summed E-state index contributed by atoms with van der Waals surface area (Å²) in [7, 11) is 0. The van der Waals surface area contributed by atoms with Gasteiger partial charge < -0.3 is 10.5 Å². The molecule has 0 radical (unpaired) electrons. The molecule has 5 nitrogen and oxygen atoms in total. The van der Waals surface area contributed by atoms with Crippen molar-refractivity contribution < 1.29 is 9.66 Å². The van der Waals surface area contributed by atoms with Crippen LogP contribution in [0.15, 0.2) is 46.9 Å². The zero-order valence-corrected chi connectivity index (χ0v) is 12.3. The molecule has 0 aliphatic carbocycles. The van der Waals surface area contributed by atoms with Gasteiger partial charge in [0, 0.05) is 12.1 Å². The van der Waals surface area contributed by atoms with E-state index in [0.717, 1.165) is 5.56 Å². The first-order valence-corrected chi connectivity index (χ1v) is 6.74. The van der Waals surface area contributed by atoms with Crippen molar-refractivity contribution in [2.45, 2.75) is 13.0 Å². The maximum atomic E-state index is 10.8. The molecule has 2 aromatic carbocycles. The Bertz CT molecular complexity index is 627. The minimum atomic E-state index is -0.460. The number of rotatable bonds is 4. The molecule has 0 aliphatic rings. The van der Waals surface area contributed by atoms with Crippen LogP contribution in [0.2, 0.25) is 0 Å². The highest BCUT2D eigenvalue weighted by Crippen LogP contribution is 2.33. The molecule has 20 heavy (non-hydrogen) atoms. The van der Waals surface area contributed by atoms with Gasteiger partial charge in [0.05, 0.1) is 15.5 Å². The highest BCUT2D eigenvalue weighted by atomic mass is 79.9. The van der Waals surface area contributed by atoms with Gasteiger partial charge in [-0.2, -0.15) is 0 Å². The van der Waals surface area contributed by atoms with Crippen molar-refractivity contribution >= 4 is 21.6 Å². The topological polar surface area (TPSA) is 78.4 Å². The van der Waals surface area contributed by atoms with Crippen LogP contribution in [-0.4, -0.2) is 4.92 Å². The Labute approximate surface area is 124 Å². The molecule has 6 heteroatoms. The molecule has 0 amide bonds. The SMILES string of the molecule is CC(N)c1ccc(Oc2cc([N+](=O)[O-])ccc2Br)cc1. The van der Waals surface area contributed by atoms with E-state index in [0.29, 0.717) is 16.0 Å². The second kappa shape index (κ2) is 6.02. The van der Waals surface area contributed by atoms with Gasteiger partial charge in [-0.05, 0) is 46.6 Å². The van der Waals surface area contributed by atoms with Gasteiger partial charge >= 0.3 is 0 Å². The molecule has 0 saturated carbocycles. The zero-order chi connectivity index (χ0) is 14.7. The first-order valence-electron chi connectivity index (χ1n) is 5.94. The van der Waals surface area contributed by atoms with Crippen molar-refractivity contribution in [2.75, 3.05) is 0 Å². The lowest BCUT2D eigenvalue weighted by Gasteiger charge is -2.09. The van der Waals surface area contributed by atoms with E-state index >= 15 is 0 Å². The molecule has 0 fully saturated rings. The summed E-state index contributed by atoms with van der Waals surface area (Å²) < 4.78 is 6.29. The van der Waals surface area contributed by atoms with Crippen molar-refractivity contribution in [2.24, 2.45) is 5.73 Å². The van der Waals surface area contributed by atoms with E-state index < -0.39 is 4.92 Å². The summed E-state index contributed by atoms with van der Waals surface area (Å²) in [6.07, 6.45) is 0. The van der Waals surface area contributed by atoms with Crippen molar-refractivity contribution in [3.8, 4) is 11.5 Å². The molecule has 2 N–H and O–H groups in total. The fourth-order valence-electron chi connectivity index (χ4n) is 1.65. The van der Waals surface area contributed by atoms with E-state index in [9.17, 15) is 10.1 Å². The minimum Gasteiger partial charge on any atom is -0.456 e. The van der Waals surface area contributed by atoms with E-state index in [2.05, 4.69) is 15.9 Å². The lowest BCUT2D eigenvalue weighted by molar-refractivity contribution is -0.384. The molecular formula is C14H13BrN2O3. The fourth-order valence-corrected chi connectivity index (χ4v) is 1.98. The van der Waals surface area contributed by atoms with Crippen LogP contribution in [0.5, 0.6) is 11.5 Å². The third-order valence-electron chi connectivity index (χ3n) is 2.76. The van der Waals surface area contributed by atoms with Gasteiger partial charge in [0.1, 0.15) is 11.5 Å². The standard InChI is InChI=1S/C14H13BrN2O3/c1-9(16)10-2-5-12(6-3-10)20-14-8-11(17(18)19)4-7-13(14)15/h2-9H,16H2,1H3. The molecule has 0 heterocycles. The van der Waals surface area contributed by atoms with Gasteiger partial charge in [-0.3, -0.25) is 10.1 Å². The summed E-state index contributed by atoms with van der Waals surface area (Å²) in [5.41, 5.74) is 6.75. The molecule has 0 saturated heterocycles. The number of ether oxygens (including phenoxy) is 1. The first-order chi connectivity index (χ1) is 9.47. The lowest BCUT2D eigenvalue weighted by atomic mass is 10.1. The molecule has 1 atom stereocenters.